The number of nitrogens with one attached hydrogen (secondary N) is 1. The van der Waals surface area contributed by atoms with Crippen molar-refractivity contribution in [3.8, 4) is 5.75 Å². The van der Waals surface area contributed by atoms with Gasteiger partial charge in [-0.3, -0.25) is 0 Å². The molecule has 3 nitrogen and oxygen atoms in total. The zero-order valence-corrected chi connectivity index (χ0v) is 11.5. The molecule has 18 heavy (non-hydrogen) atoms. The average Bonchev–Trinajstić information content (AvgIpc) is 2.42. The Morgan fingerprint density at radius 3 is 2.78 bits per heavy atom. The second kappa shape index (κ2) is 6.21. The molecule has 1 saturated heterocycles. The molecule has 1 aromatic carbocycles. The van der Waals surface area contributed by atoms with Crippen molar-refractivity contribution in [2.24, 2.45) is 0 Å². The zero-order chi connectivity index (χ0) is 13.0. The first-order chi connectivity index (χ1) is 8.76. The SMILES string of the molecule is CNC(c1ccc(OC)cc1C)C1CCCCO1. The molecule has 2 rings (SSSR count). The third-order valence-electron chi connectivity index (χ3n) is 3.71. The van der Waals surface area contributed by atoms with Crippen molar-refractivity contribution < 1.29 is 9.47 Å². The summed E-state index contributed by atoms with van der Waals surface area (Å²) in [6, 6.07) is 6.53. The summed E-state index contributed by atoms with van der Waals surface area (Å²) >= 11 is 0. The Balaban J connectivity index is 2.20. The lowest BCUT2D eigenvalue weighted by Gasteiger charge is -2.31. The van der Waals surface area contributed by atoms with Crippen LogP contribution in [-0.4, -0.2) is 26.9 Å². The van der Waals surface area contributed by atoms with Gasteiger partial charge in [0.1, 0.15) is 5.75 Å². The minimum atomic E-state index is 0.274. The number of methoxy groups -OCH3 is 1. The molecule has 1 N–H and O–H groups in total. The van der Waals surface area contributed by atoms with Gasteiger partial charge in [0.05, 0.1) is 19.3 Å². The fourth-order valence-corrected chi connectivity index (χ4v) is 2.69. The summed E-state index contributed by atoms with van der Waals surface area (Å²) in [5.41, 5.74) is 2.56. The van der Waals surface area contributed by atoms with Gasteiger partial charge in [-0.25, -0.2) is 0 Å². The number of hydrogen-bond donors (Lipinski definition) is 1. The molecule has 0 saturated carbocycles. The largest absolute Gasteiger partial charge is 0.497 e. The van der Waals surface area contributed by atoms with E-state index in [1.165, 1.54) is 24.0 Å². The van der Waals surface area contributed by atoms with E-state index in [1.807, 2.05) is 13.1 Å². The van der Waals surface area contributed by atoms with E-state index < -0.39 is 0 Å². The van der Waals surface area contributed by atoms with Crippen molar-refractivity contribution in [1.82, 2.24) is 5.32 Å². The van der Waals surface area contributed by atoms with Crippen LogP contribution in [0.15, 0.2) is 18.2 Å². The molecular weight excluding hydrogens is 226 g/mol. The number of benzene rings is 1. The maximum absolute atomic E-state index is 5.90. The molecule has 1 fully saturated rings. The molecule has 0 radical (unpaired) electrons. The van der Waals surface area contributed by atoms with E-state index in [1.54, 1.807) is 7.11 Å². The standard InChI is InChI=1S/C15H23NO2/c1-11-10-12(17-3)7-8-13(11)15(16-2)14-6-4-5-9-18-14/h7-8,10,14-16H,4-6,9H2,1-3H3. The van der Waals surface area contributed by atoms with Crippen LogP contribution in [0.1, 0.15) is 36.4 Å². The quantitative estimate of drug-likeness (QED) is 0.890. The van der Waals surface area contributed by atoms with Crippen LogP contribution in [0.5, 0.6) is 5.75 Å². The van der Waals surface area contributed by atoms with E-state index >= 15 is 0 Å². The predicted molar refractivity (Wildman–Crippen MR) is 73.1 cm³/mol. The molecule has 1 heterocycles. The summed E-state index contributed by atoms with van der Waals surface area (Å²) < 4.78 is 11.2. The zero-order valence-electron chi connectivity index (χ0n) is 11.5. The third kappa shape index (κ3) is 2.85. The monoisotopic (exact) mass is 249 g/mol. The van der Waals surface area contributed by atoms with Gasteiger partial charge in [-0.05, 0) is 56.5 Å². The molecule has 100 valence electrons. The van der Waals surface area contributed by atoms with E-state index in [4.69, 9.17) is 9.47 Å². The van der Waals surface area contributed by atoms with E-state index in [-0.39, 0.29) is 12.1 Å². The summed E-state index contributed by atoms with van der Waals surface area (Å²) in [4.78, 5) is 0. The molecule has 1 aliphatic heterocycles. The average molecular weight is 249 g/mol. The lowest BCUT2D eigenvalue weighted by molar-refractivity contribution is -0.00675. The normalized spacial score (nSPS) is 21.6. The van der Waals surface area contributed by atoms with E-state index in [0.717, 1.165) is 18.8 Å². The Bertz CT molecular complexity index is 386. The van der Waals surface area contributed by atoms with Gasteiger partial charge in [0.15, 0.2) is 0 Å². The number of hydrogen-bond acceptors (Lipinski definition) is 3. The molecule has 1 aliphatic rings. The molecule has 2 atom stereocenters. The topological polar surface area (TPSA) is 30.5 Å². The maximum atomic E-state index is 5.90. The fraction of sp³-hybridized carbons (Fsp3) is 0.600. The highest BCUT2D eigenvalue weighted by Crippen LogP contribution is 2.29. The van der Waals surface area contributed by atoms with Crippen LogP contribution >= 0.6 is 0 Å². The molecule has 3 heteroatoms. The van der Waals surface area contributed by atoms with Gasteiger partial charge in [0.2, 0.25) is 0 Å². The van der Waals surface area contributed by atoms with E-state index in [9.17, 15) is 0 Å². The number of rotatable bonds is 4. The first kappa shape index (κ1) is 13.4. The molecule has 0 spiro atoms. The van der Waals surface area contributed by atoms with Crippen molar-refractivity contribution in [2.45, 2.75) is 38.3 Å². The molecule has 1 aromatic rings. The molecular formula is C15H23NO2. The van der Waals surface area contributed by atoms with Crippen LogP contribution in [0.4, 0.5) is 0 Å². The Kier molecular flexibility index (Phi) is 4.61. The van der Waals surface area contributed by atoms with Gasteiger partial charge in [-0.2, -0.15) is 0 Å². The number of likely N-dealkylation sites (N-methyl/N-ethyl adjacent to an activating group) is 1. The van der Waals surface area contributed by atoms with E-state index in [2.05, 4.69) is 24.4 Å². The minimum Gasteiger partial charge on any atom is -0.497 e. The summed E-state index contributed by atoms with van der Waals surface area (Å²) in [7, 11) is 3.71. The highest BCUT2D eigenvalue weighted by molar-refractivity contribution is 5.37. The molecule has 2 unspecified atom stereocenters. The van der Waals surface area contributed by atoms with Crippen molar-refractivity contribution >= 4 is 0 Å². The Morgan fingerprint density at radius 1 is 1.39 bits per heavy atom. The fourth-order valence-electron chi connectivity index (χ4n) is 2.69. The van der Waals surface area contributed by atoms with Gasteiger partial charge in [-0.1, -0.05) is 6.07 Å². The second-order valence-corrected chi connectivity index (χ2v) is 4.89. The van der Waals surface area contributed by atoms with Gasteiger partial charge in [0.25, 0.3) is 0 Å². The van der Waals surface area contributed by atoms with Crippen molar-refractivity contribution in [3.05, 3.63) is 29.3 Å². The summed E-state index contributed by atoms with van der Waals surface area (Å²) in [5.74, 6) is 0.913. The van der Waals surface area contributed by atoms with Crippen LogP contribution < -0.4 is 10.1 Å². The van der Waals surface area contributed by atoms with Crippen LogP contribution in [0.2, 0.25) is 0 Å². The smallest absolute Gasteiger partial charge is 0.119 e. The van der Waals surface area contributed by atoms with Crippen LogP contribution in [0.3, 0.4) is 0 Å². The summed E-state index contributed by atoms with van der Waals surface area (Å²) in [6.07, 6.45) is 3.87. The van der Waals surface area contributed by atoms with E-state index in [0.29, 0.717) is 0 Å². The van der Waals surface area contributed by atoms with Crippen LogP contribution in [-0.2, 0) is 4.74 Å². The predicted octanol–water partition coefficient (Wildman–Crippen LogP) is 2.83. The molecule has 0 aromatic heterocycles. The van der Waals surface area contributed by atoms with Crippen LogP contribution in [0, 0.1) is 6.92 Å². The molecule has 0 aliphatic carbocycles. The Labute approximate surface area is 109 Å². The number of ether oxygens (including phenoxy) is 2. The minimum absolute atomic E-state index is 0.274. The van der Waals surface area contributed by atoms with Gasteiger partial charge in [0, 0.05) is 6.61 Å². The van der Waals surface area contributed by atoms with Crippen molar-refractivity contribution in [1.29, 1.82) is 0 Å². The first-order valence-corrected chi connectivity index (χ1v) is 6.69. The number of aryl methyl sites for hydroxylation is 1. The summed E-state index contributed by atoms with van der Waals surface area (Å²) in [5, 5.41) is 3.40. The summed E-state index contributed by atoms with van der Waals surface area (Å²) in [6.45, 7) is 3.02. The first-order valence-electron chi connectivity index (χ1n) is 6.69. The Morgan fingerprint density at radius 2 is 2.22 bits per heavy atom. The lowest BCUT2D eigenvalue weighted by atomic mass is 9.93. The lowest BCUT2D eigenvalue weighted by Crippen LogP contribution is -2.34. The van der Waals surface area contributed by atoms with Crippen LogP contribution in [0.25, 0.3) is 0 Å². The van der Waals surface area contributed by atoms with Gasteiger partial charge in [-0.15, -0.1) is 0 Å². The Hall–Kier alpha value is -1.06. The highest BCUT2D eigenvalue weighted by atomic mass is 16.5. The van der Waals surface area contributed by atoms with Crippen molar-refractivity contribution in [2.75, 3.05) is 20.8 Å². The highest BCUT2D eigenvalue weighted by Gasteiger charge is 2.25. The van der Waals surface area contributed by atoms with Gasteiger partial charge < -0.3 is 14.8 Å². The maximum Gasteiger partial charge on any atom is 0.119 e. The third-order valence-corrected chi connectivity index (χ3v) is 3.71. The van der Waals surface area contributed by atoms with Gasteiger partial charge >= 0.3 is 0 Å². The van der Waals surface area contributed by atoms with Crippen molar-refractivity contribution in [3.63, 3.8) is 0 Å². The molecule has 0 amide bonds. The second-order valence-electron chi connectivity index (χ2n) is 4.89. The molecule has 0 bridgehead atoms.